The average Bonchev–Trinajstić information content (AvgIpc) is 2.73. The van der Waals surface area contributed by atoms with Crippen LogP contribution in [0.5, 0.6) is 11.5 Å². The maximum Gasteiger partial charge on any atom is 0.308 e. The third kappa shape index (κ3) is 4.11. The van der Waals surface area contributed by atoms with Gasteiger partial charge in [-0.05, 0) is 24.3 Å². The monoisotopic (exact) mass is 416 g/mol. The van der Waals surface area contributed by atoms with Gasteiger partial charge in [0.05, 0.1) is 16.6 Å². The number of hydrogen-bond acceptors (Lipinski definition) is 6. The molecule has 1 heterocycles. The lowest BCUT2D eigenvalue weighted by atomic mass is 10.0. The molecule has 0 aliphatic rings. The van der Waals surface area contributed by atoms with Crippen molar-refractivity contribution >= 4 is 22.8 Å². The molecule has 0 bridgehead atoms. The highest BCUT2D eigenvalue weighted by molar-refractivity contribution is 5.95. The normalized spacial score (nSPS) is 10.7. The first-order chi connectivity index (χ1) is 14.9. The van der Waals surface area contributed by atoms with Gasteiger partial charge >= 0.3 is 11.9 Å². The predicted octanol–water partition coefficient (Wildman–Crippen LogP) is 4.95. The summed E-state index contributed by atoms with van der Waals surface area (Å²) in [5, 5.41) is 0.261. The molecule has 0 spiro atoms. The lowest BCUT2D eigenvalue weighted by molar-refractivity contribution is -0.132. The Morgan fingerprint density at radius 2 is 1.39 bits per heavy atom. The van der Waals surface area contributed by atoms with Crippen molar-refractivity contribution in [2.45, 2.75) is 13.8 Å². The van der Waals surface area contributed by atoms with E-state index in [-0.39, 0.29) is 28.3 Å². The van der Waals surface area contributed by atoms with Crippen LogP contribution < -0.4 is 9.47 Å². The second kappa shape index (κ2) is 8.31. The van der Waals surface area contributed by atoms with Crippen molar-refractivity contribution < 1.29 is 23.5 Å². The highest BCUT2D eigenvalue weighted by atomic mass is 19.1. The summed E-state index contributed by atoms with van der Waals surface area (Å²) in [6.45, 7) is 2.52. The molecule has 0 aliphatic carbocycles. The molecule has 31 heavy (non-hydrogen) atoms. The fraction of sp³-hybridized carbons (Fsp3) is 0.0833. The first-order valence-electron chi connectivity index (χ1n) is 9.46. The van der Waals surface area contributed by atoms with Gasteiger partial charge in [0.15, 0.2) is 5.82 Å². The van der Waals surface area contributed by atoms with Gasteiger partial charge in [0.2, 0.25) is 0 Å². The third-order valence-electron chi connectivity index (χ3n) is 4.44. The number of rotatable bonds is 4. The summed E-state index contributed by atoms with van der Waals surface area (Å²) in [7, 11) is 0. The number of fused-ring (bicyclic) bond motifs is 1. The van der Waals surface area contributed by atoms with Gasteiger partial charge in [-0.2, -0.15) is 0 Å². The molecule has 1 aromatic heterocycles. The van der Waals surface area contributed by atoms with Crippen LogP contribution in [0.15, 0.2) is 66.7 Å². The van der Waals surface area contributed by atoms with Crippen LogP contribution in [0.25, 0.3) is 33.5 Å². The molecule has 0 fully saturated rings. The molecule has 0 N–H and O–H groups in total. The quantitative estimate of drug-likeness (QED) is 0.346. The highest BCUT2D eigenvalue weighted by Crippen LogP contribution is 2.39. The molecule has 0 radical (unpaired) electrons. The molecule has 6 nitrogen and oxygen atoms in total. The number of aromatic nitrogens is 2. The van der Waals surface area contributed by atoms with Crippen LogP contribution in [-0.4, -0.2) is 21.9 Å². The molecule has 4 aromatic rings. The number of benzene rings is 3. The summed E-state index contributed by atoms with van der Waals surface area (Å²) >= 11 is 0. The van der Waals surface area contributed by atoms with E-state index in [2.05, 4.69) is 9.97 Å². The van der Waals surface area contributed by atoms with Crippen LogP contribution in [-0.2, 0) is 9.59 Å². The molecule has 0 saturated heterocycles. The van der Waals surface area contributed by atoms with Gasteiger partial charge in [-0.3, -0.25) is 9.59 Å². The van der Waals surface area contributed by atoms with E-state index in [0.29, 0.717) is 16.8 Å². The summed E-state index contributed by atoms with van der Waals surface area (Å²) in [5.41, 5.74) is 1.62. The second-order valence-corrected chi connectivity index (χ2v) is 6.71. The van der Waals surface area contributed by atoms with E-state index in [4.69, 9.17) is 9.47 Å². The molecule has 3 aromatic carbocycles. The number of halogens is 1. The molecule has 0 atom stereocenters. The van der Waals surface area contributed by atoms with Crippen molar-refractivity contribution in [1.29, 1.82) is 0 Å². The van der Waals surface area contributed by atoms with Gasteiger partial charge < -0.3 is 9.47 Å². The zero-order chi connectivity index (χ0) is 22.0. The first kappa shape index (κ1) is 20.2. The topological polar surface area (TPSA) is 78.4 Å². The van der Waals surface area contributed by atoms with Crippen molar-refractivity contribution in [3.63, 3.8) is 0 Å². The van der Waals surface area contributed by atoms with Crippen molar-refractivity contribution in [2.75, 3.05) is 0 Å². The number of ether oxygens (including phenoxy) is 2. The smallest absolute Gasteiger partial charge is 0.308 e. The van der Waals surface area contributed by atoms with E-state index in [1.165, 1.54) is 19.9 Å². The van der Waals surface area contributed by atoms with Gasteiger partial charge in [-0.15, -0.1) is 0 Å². The number of carbonyl (C=O) groups excluding carboxylic acids is 2. The zero-order valence-corrected chi connectivity index (χ0v) is 16.8. The number of hydrogen-bond donors (Lipinski definition) is 0. The minimum absolute atomic E-state index is 0.126. The molecule has 0 aliphatic heterocycles. The van der Waals surface area contributed by atoms with E-state index in [9.17, 15) is 14.0 Å². The highest BCUT2D eigenvalue weighted by Gasteiger charge is 2.22. The minimum atomic E-state index is -0.559. The lowest BCUT2D eigenvalue weighted by Crippen LogP contribution is -2.08. The van der Waals surface area contributed by atoms with Crippen LogP contribution in [0.2, 0.25) is 0 Å². The molecule has 0 unspecified atom stereocenters. The predicted molar refractivity (Wildman–Crippen MR) is 113 cm³/mol. The Morgan fingerprint density at radius 1 is 0.774 bits per heavy atom. The summed E-state index contributed by atoms with van der Waals surface area (Å²) in [6, 6.07) is 18.3. The van der Waals surface area contributed by atoms with E-state index in [1.807, 2.05) is 30.3 Å². The third-order valence-corrected chi connectivity index (χ3v) is 4.44. The standard InChI is InChI=1S/C24H17FN2O4/c1-14(28)30-19-12-7-13-20(31-15(2)29)22(19)24-26-18-11-6-10-17(25)21(18)23(27-24)16-8-4-3-5-9-16/h3-13H,1-2H3. The van der Waals surface area contributed by atoms with Gasteiger partial charge in [0.1, 0.15) is 22.9 Å². The summed E-state index contributed by atoms with van der Waals surface area (Å²) < 4.78 is 25.4. The van der Waals surface area contributed by atoms with Gasteiger partial charge in [-0.1, -0.05) is 42.5 Å². The molecule has 7 heteroatoms. The van der Waals surface area contributed by atoms with Crippen LogP contribution in [0.3, 0.4) is 0 Å². The fourth-order valence-electron chi connectivity index (χ4n) is 3.27. The number of nitrogens with zero attached hydrogens (tertiary/aromatic N) is 2. The van der Waals surface area contributed by atoms with Crippen molar-refractivity contribution in [2.24, 2.45) is 0 Å². The van der Waals surface area contributed by atoms with Gasteiger partial charge in [-0.25, -0.2) is 14.4 Å². The van der Waals surface area contributed by atoms with E-state index >= 15 is 0 Å². The Hall–Kier alpha value is -4.13. The van der Waals surface area contributed by atoms with Crippen molar-refractivity contribution in [3.8, 4) is 34.1 Å². The Labute approximate surface area is 177 Å². The van der Waals surface area contributed by atoms with E-state index in [0.717, 1.165) is 0 Å². The molecular weight excluding hydrogens is 399 g/mol. The first-order valence-corrected chi connectivity index (χ1v) is 9.46. The van der Waals surface area contributed by atoms with Crippen LogP contribution in [0.4, 0.5) is 4.39 Å². The van der Waals surface area contributed by atoms with Crippen LogP contribution in [0, 0.1) is 5.82 Å². The summed E-state index contributed by atoms with van der Waals surface area (Å²) in [6.07, 6.45) is 0. The molecule has 0 saturated carbocycles. The maximum absolute atomic E-state index is 14.8. The Morgan fingerprint density at radius 3 is 2.00 bits per heavy atom. The van der Waals surface area contributed by atoms with Crippen molar-refractivity contribution in [3.05, 3.63) is 72.5 Å². The molecule has 0 amide bonds. The van der Waals surface area contributed by atoms with Crippen LogP contribution in [0.1, 0.15) is 13.8 Å². The molecular formula is C24H17FN2O4. The maximum atomic E-state index is 14.8. The molecule has 154 valence electrons. The zero-order valence-electron chi connectivity index (χ0n) is 16.8. The van der Waals surface area contributed by atoms with E-state index < -0.39 is 17.8 Å². The van der Waals surface area contributed by atoms with Crippen LogP contribution >= 0.6 is 0 Å². The average molecular weight is 416 g/mol. The second-order valence-electron chi connectivity index (χ2n) is 6.71. The molecule has 4 rings (SSSR count). The summed E-state index contributed by atoms with van der Waals surface area (Å²) in [5.74, 6) is -1.20. The minimum Gasteiger partial charge on any atom is -0.426 e. The largest absolute Gasteiger partial charge is 0.426 e. The van der Waals surface area contributed by atoms with Crippen molar-refractivity contribution in [1.82, 2.24) is 9.97 Å². The Balaban J connectivity index is 2.05. The fourth-order valence-corrected chi connectivity index (χ4v) is 3.27. The number of esters is 2. The number of carbonyl (C=O) groups is 2. The Kier molecular flexibility index (Phi) is 5.41. The van der Waals surface area contributed by atoms with Gasteiger partial charge in [0, 0.05) is 19.4 Å². The summed E-state index contributed by atoms with van der Waals surface area (Å²) in [4.78, 5) is 32.4. The lowest BCUT2D eigenvalue weighted by Gasteiger charge is -2.15. The SMILES string of the molecule is CC(=O)Oc1cccc(OC(C)=O)c1-c1nc(-c2ccccc2)c2c(F)cccc2n1. The van der Waals surface area contributed by atoms with E-state index in [1.54, 1.807) is 30.3 Å². The Bertz CT molecular complexity index is 1270. The van der Waals surface area contributed by atoms with Gasteiger partial charge in [0.25, 0.3) is 0 Å².